The smallest absolute Gasteiger partial charge is 0.332 e. The van der Waals surface area contributed by atoms with Crippen LogP contribution < -0.4 is 5.73 Å². The van der Waals surface area contributed by atoms with Crippen molar-refractivity contribution in [3.63, 3.8) is 0 Å². The van der Waals surface area contributed by atoms with E-state index in [1.807, 2.05) is 0 Å². The highest BCUT2D eigenvalue weighted by molar-refractivity contribution is 7.99. The first-order valence-electron chi connectivity index (χ1n) is 6.41. The van der Waals surface area contributed by atoms with Crippen LogP contribution in [0.5, 0.6) is 0 Å². The quantitative estimate of drug-likeness (QED) is 0.519. The summed E-state index contributed by atoms with van der Waals surface area (Å²) < 4.78 is 9.81. The number of nitrogens with two attached hydrogens (primary N) is 1. The van der Waals surface area contributed by atoms with Crippen molar-refractivity contribution in [2.24, 2.45) is 5.73 Å². The van der Waals surface area contributed by atoms with Gasteiger partial charge in [-0.15, -0.1) is 0 Å². The number of amides is 1. The van der Waals surface area contributed by atoms with E-state index in [9.17, 15) is 9.59 Å². The standard InChI is InChI=1S/C12H22N2O4S/c1-3-18-12(16)10(13)11(15)14(5-6-17-2)9-4-7-19-8-9/h9-10H,3-8,13H2,1-2H3. The van der Waals surface area contributed by atoms with Crippen LogP contribution in [0.1, 0.15) is 13.3 Å². The van der Waals surface area contributed by atoms with E-state index >= 15 is 0 Å². The van der Waals surface area contributed by atoms with Crippen molar-refractivity contribution in [3.05, 3.63) is 0 Å². The lowest BCUT2D eigenvalue weighted by Gasteiger charge is -2.30. The van der Waals surface area contributed by atoms with Gasteiger partial charge in [-0.25, -0.2) is 4.79 Å². The lowest BCUT2D eigenvalue weighted by Crippen LogP contribution is -2.53. The van der Waals surface area contributed by atoms with Gasteiger partial charge in [0, 0.05) is 25.4 Å². The summed E-state index contributed by atoms with van der Waals surface area (Å²) in [5.41, 5.74) is 5.67. The Morgan fingerprint density at radius 3 is 2.79 bits per heavy atom. The molecule has 2 atom stereocenters. The van der Waals surface area contributed by atoms with Gasteiger partial charge in [-0.05, 0) is 19.1 Å². The van der Waals surface area contributed by atoms with Gasteiger partial charge in [0.1, 0.15) is 0 Å². The van der Waals surface area contributed by atoms with Crippen LogP contribution >= 0.6 is 11.8 Å². The molecule has 1 fully saturated rings. The Morgan fingerprint density at radius 2 is 2.26 bits per heavy atom. The highest BCUT2D eigenvalue weighted by Gasteiger charge is 2.33. The second-order valence-electron chi connectivity index (χ2n) is 4.27. The van der Waals surface area contributed by atoms with Crippen LogP contribution in [0.15, 0.2) is 0 Å². The summed E-state index contributed by atoms with van der Waals surface area (Å²) in [6, 6.07) is -1.10. The molecule has 1 heterocycles. The Balaban J connectivity index is 2.66. The van der Waals surface area contributed by atoms with E-state index in [2.05, 4.69) is 0 Å². The molecule has 0 bridgehead atoms. The van der Waals surface area contributed by atoms with Gasteiger partial charge in [0.2, 0.25) is 0 Å². The zero-order valence-electron chi connectivity index (χ0n) is 11.5. The topological polar surface area (TPSA) is 81.9 Å². The van der Waals surface area contributed by atoms with Crippen LogP contribution in [0.25, 0.3) is 0 Å². The SMILES string of the molecule is CCOC(=O)C(N)C(=O)N(CCOC)C1CCSC1. The number of esters is 1. The lowest BCUT2D eigenvalue weighted by molar-refractivity contribution is -0.151. The minimum Gasteiger partial charge on any atom is -0.464 e. The van der Waals surface area contributed by atoms with Gasteiger partial charge >= 0.3 is 5.97 Å². The van der Waals surface area contributed by atoms with Crippen molar-refractivity contribution in [2.75, 3.05) is 38.4 Å². The fourth-order valence-corrected chi connectivity index (χ4v) is 3.17. The van der Waals surface area contributed by atoms with Gasteiger partial charge < -0.3 is 20.1 Å². The van der Waals surface area contributed by atoms with E-state index in [0.717, 1.165) is 17.9 Å². The molecule has 1 aliphatic heterocycles. The van der Waals surface area contributed by atoms with Gasteiger partial charge in [0.15, 0.2) is 6.04 Å². The van der Waals surface area contributed by atoms with E-state index in [-0.39, 0.29) is 18.6 Å². The summed E-state index contributed by atoms with van der Waals surface area (Å²) in [5.74, 6) is 0.865. The number of hydrogen-bond donors (Lipinski definition) is 1. The summed E-state index contributed by atoms with van der Waals surface area (Å²) >= 11 is 1.80. The third kappa shape index (κ3) is 4.67. The number of carbonyl (C=O) groups is 2. The Morgan fingerprint density at radius 1 is 1.53 bits per heavy atom. The molecule has 2 N–H and O–H groups in total. The number of hydrogen-bond acceptors (Lipinski definition) is 6. The molecule has 19 heavy (non-hydrogen) atoms. The second-order valence-corrected chi connectivity index (χ2v) is 5.42. The Labute approximate surface area is 118 Å². The summed E-state index contributed by atoms with van der Waals surface area (Å²) in [7, 11) is 1.58. The van der Waals surface area contributed by atoms with E-state index in [1.54, 1.807) is 30.7 Å². The fourth-order valence-electron chi connectivity index (χ4n) is 1.94. The van der Waals surface area contributed by atoms with E-state index in [1.165, 1.54) is 0 Å². The van der Waals surface area contributed by atoms with E-state index < -0.39 is 12.0 Å². The van der Waals surface area contributed by atoms with Crippen LogP contribution in [0.3, 0.4) is 0 Å². The Hall–Kier alpha value is -0.790. The minimum atomic E-state index is -1.23. The molecule has 0 saturated carbocycles. The molecule has 0 aromatic heterocycles. The van der Waals surface area contributed by atoms with Crippen molar-refractivity contribution in [3.8, 4) is 0 Å². The molecule has 1 aliphatic rings. The summed E-state index contributed by atoms with van der Waals surface area (Å²) in [6.07, 6.45) is 0.926. The molecule has 2 unspecified atom stereocenters. The average Bonchev–Trinajstić information content (AvgIpc) is 2.92. The molecular formula is C12H22N2O4S. The molecule has 0 aromatic carbocycles. The maximum Gasteiger partial charge on any atom is 0.332 e. The molecule has 1 amide bonds. The predicted molar refractivity (Wildman–Crippen MR) is 73.9 cm³/mol. The van der Waals surface area contributed by atoms with Crippen LogP contribution in [0.4, 0.5) is 0 Å². The Bertz CT molecular complexity index is 308. The number of carbonyl (C=O) groups excluding carboxylic acids is 2. The average molecular weight is 290 g/mol. The normalized spacial score (nSPS) is 20.1. The summed E-state index contributed by atoms with van der Waals surface area (Å²) in [5, 5.41) is 0. The number of nitrogens with zero attached hydrogens (tertiary/aromatic N) is 1. The van der Waals surface area contributed by atoms with Gasteiger partial charge in [-0.3, -0.25) is 4.79 Å². The van der Waals surface area contributed by atoms with Crippen LogP contribution in [0, 0.1) is 0 Å². The van der Waals surface area contributed by atoms with Gasteiger partial charge in [0.25, 0.3) is 5.91 Å². The van der Waals surface area contributed by atoms with Crippen LogP contribution in [-0.4, -0.2) is 67.2 Å². The van der Waals surface area contributed by atoms with Crippen molar-refractivity contribution >= 4 is 23.6 Å². The third-order valence-corrected chi connectivity index (χ3v) is 4.12. The first kappa shape index (κ1) is 16.3. The molecule has 0 radical (unpaired) electrons. The number of ether oxygens (including phenoxy) is 2. The fraction of sp³-hybridized carbons (Fsp3) is 0.833. The van der Waals surface area contributed by atoms with Gasteiger partial charge in [0.05, 0.1) is 13.2 Å². The molecule has 7 heteroatoms. The zero-order chi connectivity index (χ0) is 14.3. The highest BCUT2D eigenvalue weighted by atomic mass is 32.2. The predicted octanol–water partition coefficient (Wildman–Crippen LogP) is -0.143. The van der Waals surface area contributed by atoms with Crippen molar-refractivity contribution in [2.45, 2.75) is 25.4 Å². The molecule has 110 valence electrons. The maximum absolute atomic E-state index is 12.3. The van der Waals surface area contributed by atoms with Gasteiger partial charge in [-0.1, -0.05) is 0 Å². The highest BCUT2D eigenvalue weighted by Crippen LogP contribution is 2.22. The molecule has 0 aliphatic carbocycles. The largest absolute Gasteiger partial charge is 0.464 e. The van der Waals surface area contributed by atoms with Crippen LogP contribution in [-0.2, 0) is 19.1 Å². The zero-order valence-corrected chi connectivity index (χ0v) is 12.3. The first-order chi connectivity index (χ1) is 9.11. The third-order valence-electron chi connectivity index (χ3n) is 2.97. The van der Waals surface area contributed by atoms with E-state index in [0.29, 0.717) is 13.2 Å². The number of rotatable bonds is 7. The maximum atomic E-state index is 12.3. The number of methoxy groups -OCH3 is 1. The monoisotopic (exact) mass is 290 g/mol. The van der Waals surface area contributed by atoms with Gasteiger partial charge in [-0.2, -0.15) is 11.8 Å². The molecule has 1 rings (SSSR count). The molecule has 0 aromatic rings. The van der Waals surface area contributed by atoms with Crippen molar-refractivity contribution in [1.82, 2.24) is 4.90 Å². The number of thioether (sulfide) groups is 1. The molecular weight excluding hydrogens is 268 g/mol. The van der Waals surface area contributed by atoms with Crippen LogP contribution in [0.2, 0.25) is 0 Å². The van der Waals surface area contributed by atoms with Crippen molar-refractivity contribution in [1.29, 1.82) is 0 Å². The lowest BCUT2D eigenvalue weighted by atomic mass is 10.1. The molecule has 6 nitrogen and oxygen atoms in total. The minimum absolute atomic E-state index is 0.133. The Kier molecular flexibility index (Phi) is 7.19. The summed E-state index contributed by atoms with van der Waals surface area (Å²) in [6.45, 7) is 2.79. The summed E-state index contributed by atoms with van der Waals surface area (Å²) in [4.78, 5) is 25.5. The van der Waals surface area contributed by atoms with E-state index in [4.69, 9.17) is 15.2 Å². The molecule has 0 spiro atoms. The second kappa shape index (κ2) is 8.39. The molecule has 1 saturated heterocycles. The first-order valence-corrected chi connectivity index (χ1v) is 7.56. The van der Waals surface area contributed by atoms with Crippen molar-refractivity contribution < 1.29 is 19.1 Å².